The van der Waals surface area contributed by atoms with Gasteiger partial charge in [0.25, 0.3) is 0 Å². The number of phenols is 1. The fourth-order valence-electron chi connectivity index (χ4n) is 8.72. The topological polar surface area (TPSA) is 201 Å². The average molecular weight is 756 g/mol. The Bertz CT molecular complexity index is 1830. The Balaban J connectivity index is 0.00000541. The van der Waals surface area contributed by atoms with E-state index in [-0.39, 0.29) is 91.2 Å². The second kappa shape index (κ2) is 17.7. The van der Waals surface area contributed by atoms with E-state index in [1.54, 1.807) is 24.3 Å². The largest absolute Gasteiger partial charge is 1.00 e. The van der Waals surface area contributed by atoms with Crippen LogP contribution in [0.5, 0.6) is 11.5 Å². The molecule has 53 heavy (non-hydrogen) atoms. The number of aliphatic imine (C=N–C) groups is 1. The molecule has 9 rings (SSSR count). The van der Waals surface area contributed by atoms with Crippen molar-refractivity contribution in [2.24, 2.45) is 28.3 Å². The molecule has 3 aromatic rings. The van der Waals surface area contributed by atoms with Gasteiger partial charge in [-0.25, -0.2) is 13.4 Å². The zero-order chi connectivity index (χ0) is 37.0. The van der Waals surface area contributed by atoms with Crippen LogP contribution >= 0.6 is 0 Å². The second-order valence-corrected chi connectivity index (χ2v) is 16.0. The first-order valence-electron chi connectivity index (χ1n) is 18.3. The minimum atomic E-state index is -4.82. The van der Waals surface area contributed by atoms with Crippen molar-refractivity contribution >= 4 is 16.1 Å². The van der Waals surface area contributed by atoms with Gasteiger partial charge in [-0.15, -0.1) is 0 Å². The number of nitrogens with two attached hydrogens (primary N) is 2. The van der Waals surface area contributed by atoms with Gasteiger partial charge in [0.15, 0.2) is 5.96 Å². The van der Waals surface area contributed by atoms with Crippen molar-refractivity contribution in [3.8, 4) is 11.5 Å². The number of phenolic OH excluding ortho intramolecular Hbond substituents is 1. The third kappa shape index (κ3) is 9.30. The molecule has 1 saturated heterocycles. The van der Waals surface area contributed by atoms with E-state index in [0.29, 0.717) is 49.8 Å². The van der Waals surface area contributed by atoms with E-state index in [9.17, 15) is 28.3 Å². The Kier molecular flexibility index (Phi) is 13.8. The van der Waals surface area contributed by atoms with Gasteiger partial charge in [0, 0.05) is 25.2 Å². The number of hydrogen-bond acceptors (Lipinski definition) is 9. The van der Waals surface area contributed by atoms with Gasteiger partial charge >= 0.3 is 29.6 Å². The number of guanidine groups is 1. The van der Waals surface area contributed by atoms with Gasteiger partial charge in [0.05, 0.1) is 21.5 Å². The third-order valence-electron chi connectivity index (χ3n) is 11.1. The predicted molar refractivity (Wildman–Crippen MR) is 198 cm³/mol. The monoisotopic (exact) mass is 755 g/mol. The maximum absolute atomic E-state index is 13.5. The number of nitrogens with zero attached hydrogens (tertiary/aromatic N) is 1. The normalized spacial score (nSPS) is 28.2. The molecule has 1 fully saturated rings. The van der Waals surface area contributed by atoms with Crippen LogP contribution in [-0.2, 0) is 20.6 Å². The SMILES string of the molecule is CCC1CC(S(=O)(=O)[O-])C2C=C3CC(CC(CCCO)OC3c3ccc(O)cc3)C2c2ccc(cc2)C(CCCO)(N=C(N)N)Oc2ccc1cc2.[Na+]. The minimum Gasteiger partial charge on any atom is -0.748 e. The molecule has 6 aliphatic rings. The van der Waals surface area contributed by atoms with Crippen LogP contribution in [0.25, 0.3) is 0 Å². The molecule has 8 unspecified atom stereocenters. The summed E-state index contributed by atoms with van der Waals surface area (Å²) in [6.07, 6.45) is 4.95. The van der Waals surface area contributed by atoms with Gasteiger partial charge < -0.3 is 40.8 Å². The number of rotatable bonds is 10. The summed E-state index contributed by atoms with van der Waals surface area (Å²) in [5.74, 6) is -0.918. The molecule has 6 bridgehead atoms. The summed E-state index contributed by atoms with van der Waals surface area (Å²) >= 11 is 0. The zero-order valence-corrected chi connectivity index (χ0v) is 33.3. The van der Waals surface area contributed by atoms with Crippen molar-refractivity contribution in [3.05, 3.63) is 107 Å². The average Bonchev–Trinajstić information content (AvgIpc) is 3.26. The Morgan fingerprint density at radius 3 is 2.17 bits per heavy atom. The van der Waals surface area contributed by atoms with Crippen molar-refractivity contribution in [1.82, 2.24) is 0 Å². The fraction of sp³-hybridized carbons (Fsp3) is 0.475. The van der Waals surface area contributed by atoms with Crippen LogP contribution in [0.15, 0.2) is 89.4 Å². The quantitative estimate of drug-likeness (QED) is 0.0673. The number of aliphatic hydroxyl groups is 2. The summed E-state index contributed by atoms with van der Waals surface area (Å²) in [6, 6.07) is 21.9. The number of aromatic hydroxyl groups is 1. The van der Waals surface area contributed by atoms with Gasteiger partial charge in [-0.2, -0.15) is 0 Å². The van der Waals surface area contributed by atoms with Crippen LogP contribution in [0.4, 0.5) is 0 Å². The number of benzene rings is 3. The molecule has 0 amide bonds. The van der Waals surface area contributed by atoms with E-state index in [2.05, 4.69) is 4.99 Å². The molecule has 13 heteroatoms. The van der Waals surface area contributed by atoms with E-state index < -0.39 is 33.1 Å². The van der Waals surface area contributed by atoms with Gasteiger partial charge in [-0.3, -0.25) is 0 Å². The fourth-order valence-corrected chi connectivity index (χ4v) is 9.82. The van der Waals surface area contributed by atoms with Crippen molar-refractivity contribution < 1.29 is 67.3 Å². The summed E-state index contributed by atoms with van der Waals surface area (Å²) in [5, 5.41) is 28.4. The molecule has 1 aliphatic carbocycles. The summed E-state index contributed by atoms with van der Waals surface area (Å²) in [6.45, 7) is 1.90. The van der Waals surface area contributed by atoms with Crippen molar-refractivity contribution in [2.75, 3.05) is 13.2 Å². The van der Waals surface area contributed by atoms with Gasteiger partial charge in [-0.1, -0.05) is 61.5 Å². The van der Waals surface area contributed by atoms with Gasteiger partial charge in [0.2, 0.25) is 5.72 Å². The summed E-state index contributed by atoms with van der Waals surface area (Å²) < 4.78 is 54.0. The number of fused-ring (bicyclic) bond motifs is 2. The number of aliphatic hydroxyl groups excluding tert-OH is 2. The Labute approximate surface area is 334 Å². The summed E-state index contributed by atoms with van der Waals surface area (Å²) in [5.41, 5.74) is 14.8. The zero-order valence-electron chi connectivity index (χ0n) is 30.5. The molecule has 0 radical (unpaired) electrons. The van der Waals surface area contributed by atoms with Crippen LogP contribution in [0, 0.1) is 11.8 Å². The molecule has 5 heterocycles. The number of hydrogen-bond donors (Lipinski definition) is 5. The second-order valence-electron chi connectivity index (χ2n) is 14.5. The third-order valence-corrected chi connectivity index (χ3v) is 12.4. The number of allylic oxidation sites excluding steroid dienone is 1. The molecule has 0 spiro atoms. The standard InChI is InChI=1S/C40H51N3O8S.Na/c1-2-25-24-36(52(47,48)49)35-23-30-21-29(22-34(5-3-19-44)50-38(30)28-8-14-32(46)15-9-28)37(35)27-6-12-31(13-7-27)40(18-4-20-45,43-39(41)42)51-33-16-10-26(25)11-17-33;/h6-17,23,25,29,34-38,44-46H,2-5,18-22,24H2,1H3,(H4,41,42,43)(H,47,48,49);/q;+1/p-1. The molecule has 7 N–H and O–H groups in total. The summed E-state index contributed by atoms with van der Waals surface area (Å²) in [7, 11) is -4.82. The predicted octanol–water partition coefficient (Wildman–Crippen LogP) is 2.43. The first-order valence-corrected chi connectivity index (χ1v) is 19.7. The van der Waals surface area contributed by atoms with Gasteiger partial charge in [-0.05, 0) is 115 Å². The molecule has 5 aliphatic heterocycles. The van der Waals surface area contributed by atoms with Crippen LogP contribution in [0.3, 0.4) is 0 Å². The molecule has 0 aromatic heterocycles. The van der Waals surface area contributed by atoms with Gasteiger partial charge in [0.1, 0.15) is 17.6 Å². The van der Waals surface area contributed by atoms with Crippen LogP contribution in [0.1, 0.15) is 98.5 Å². The first-order chi connectivity index (χ1) is 24.9. The molecule has 0 saturated carbocycles. The Morgan fingerprint density at radius 1 is 0.925 bits per heavy atom. The van der Waals surface area contributed by atoms with E-state index in [0.717, 1.165) is 22.3 Å². The van der Waals surface area contributed by atoms with E-state index in [1.807, 2.05) is 61.5 Å². The van der Waals surface area contributed by atoms with E-state index in [1.165, 1.54) is 0 Å². The van der Waals surface area contributed by atoms with Crippen molar-refractivity contribution in [3.63, 3.8) is 0 Å². The van der Waals surface area contributed by atoms with E-state index >= 15 is 0 Å². The molecular weight excluding hydrogens is 706 g/mol. The molecule has 11 nitrogen and oxygen atoms in total. The van der Waals surface area contributed by atoms with Crippen LogP contribution < -0.4 is 45.8 Å². The van der Waals surface area contributed by atoms with Crippen molar-refractivity contribution in [2.45, 2.75) is 93.3 Å². The molecular formula is C40H50N3NaO8S. The number of ether oxygens (including phenoxy) is 2. The minimum absolute atomic E-state index is 0. The van der Waals surface area contributed by atoms with Crippen LogP contribution in [-0.4, -0.2) is 58.8 Å². The molecule has 3 aromatic carbocycles. The van der Waals surface area contributed by atoms with Crippen molar-refractivity contribution in [1.29, 1.82) is 0 Å². The Morgan fingerprint density at radius 2 is 1.57 bits per heavy atom. The maximum Gasteiger partial charge on any atom is 1.00 e. The first kappa shape index (κ1) is 41.2. The molecule has 8 atom stereocenters. The molecule has 280 valence electrons. The van der Waals surface area contributed by atoms with Crippen LogP contribution in [0.2, 0.25) is 0 Å². The smallest absolute Gasteiger partial charge is 0.748 e. The Hall–Kier alpha value is -2.94. The van der Waals surface area contributed by atoms with E-state index in [4.69, 9.17) is 20.9 Å². The maximum atomic E-state index is 13.5. The summed E-state index contributed by atoms with van der Waals surface area (Å²) in [4.78, 5) is 4.60.